The molecule has 104 valence electrons. The number of aliphatic hydroxyl groups is 1. The number of carbonyl (C=O) groups excluding carboxylic acids is 1. The van der Waals surface area contributed by atoms with Gasteiger partial charge in [0.05, 0.1) is 6.61 Å². The van der Waals surface area contributed by atoms with Crippen molar-refractivity contribution in [1.29, 1.82) is 0 Å². The summed E-state index contributed by atoms with van der Waals surface area (Å²) < 4.78 is 0. The fourth-order valence-electron chi connectivity index (χ4n) is 2.13. The molecule has 0 spiro atoms. The Bertz CT molecular complexity index is 549. The first-order valence-corrected chi connectivity index (χ1v) is 6.71. The van der Waals surface area contributed by atoms with Gasteiger partial charge in [0, 0.05) is 24.3 Å². The Morgan fingerprint density at radius 2 is 1.70 bits per heavy atom. The summed E-state index contributed by atoms with van der Waals surface area (Å²) in [6.07, 6.45) is 0. The van der Waals surface area contributed by atoms with E-state index in [9.17, 15) is 9.90 Å². The number of hydrogen-bond acceptors (Lipinski definition) is 3. The number of carbonyl (C=O) groups is 1. The van der Waals surface area contributed by atoms with Crippen LogP contribution in [0.4, 0.5) is 5.69 Å². The lowest BCUT2D eigenvalue weighted by molar-refractivity contribution is 0.101. The van der Waals surface area contributed by atoms with Crippen LogP contribution >= 0.6 is 0 Å². The molecule has 0 fully saturated rings. The monoisotopic (exact) mass is 269 g/mol. The predicted molar refractivity (Wildman–Crippen MR) is 81.0 cm³/mol. The molecule has 3 nitrogen and oxygen atoms in total. The zero-order valence-corrected chi connectivity index (χ0v) is 11.6. The van der Waals surface area contributed by atoms with Gasteiger partial charge < -0.3 is 10.0 Å². The van der Waals surface area contributed by atoms with Crippen molar-refractivity contribution >= 4 is 11.5 Å². The maximum atomic E-state index is 11.3. The van der Waals surface area contributed by atoms with Gasteiger partial charge in [0.15, 0.2) is 5.78 Å². The lowest BCUT2D eigenvalue weighted by Gasteiger charge is -2.24. The fraction of sp³-hybridized carbons (Fsp3) is 0.235. The standard InChI is InChI=1S/C17H19NO2/c1-14(20)16-7-9-17(10-8-16)18(11-12-19)13-15-5-3-2-4-6-15/h2-10,19H,11-13H2,1H3. The highest BCUT2D eigenvalue weighted by Crippen LogP contribution is 2.18. The number of aliphatic hydroxyl groups excluding tert-OH is 1. The quantitative estimate of drug-likeness (QED) is 0.820. The number of rotatable bonds is 6. The highest BCUT2D eigenvalue weighted by atomic mass is 16.3. The number of ketones is 1. The van der Waals surface area contributed by atoms with Crippen LogP contribution in [0.15, 0.2) is 54.6 Å². The van der Waals surface area contributed by atoms with Crippen molar-refractivity contribution in [2.75, 3.05) is 18.1 Å². The molecule has 2 aromatic carbocycles. The van der Waals surface area contributed by atoms with Crippen molar-refractivity contribution in [2.45, 2.75) is 13.5 Å². The minimum atomic E-state index is 0.0633. The van der Waals surface area contributed by atoms with Gasteiger partial charge in [-0.3, -0.25) is 4.79 Å². The van der Waals surface area contributed by atoms with Crippen molar-refractivity contribution in [1.82, 2.24) is 0 Å². The molecule has 0 bridgehead atoms. The SMILES string of the molecule is CC(=O)c1ccc(N(CCO)Cc2ccccc2)cc1. The van der Waals surface area contributed by atoms with Crippen LogP contribution in [0.25, 0.3) is 0 Å². The molecule has 0 aromatic heterocycles. The number of Topliss-reactive ketones (excluding diaryl/α,β-unsaturated/α-hetero) is 1. The van der Waals surface area contributed by atoms with Gasteiger partial charge in [0.2, 0.25) is 0 Å². The number of nitrogens with zero attached hydrogens (tertiary/aromatic N) is 1. The van der Waals surface area contributed by atoms with E-state index in [0.717, 1.165) is 12.2 Å². The Kier molecular flexibility index (Phi) is 4.91. The van der Waals surface area contributed by atoms with Gasteiger partial charge in [-0.25, -0.2) is 0 Å². The third kappa shape index (κ3) is 3.68. The van der Waals surface area contributed by atoms with E-state index in [0.29, 0.717) is 12.1 Å². The zero-order chi connectivity index (χ0) is 14.4. The summed E-state index contributed by atoms with van der Waals surface area (Å²) in [4.78, 5) is 13.4. The largest absolute Gasteiger partial charge is 0.395 e. The molecular formula is C17H19NO2. The third-order valence-electron chi connectivity index (χ3n) is 3.23. The van der Waals surface area contributed by atoms with Gasteiger partial charge in [0.1, 0.15) is 0 Å². The van der Waals surface area contributed by atoms with Crippen LogP contribution in [0.5, 0.6) is 0 Å². The van der Waals surface area contributed by atoms with Crippen LogP contribution in [-0.4, -0.2) is 24.0 Å². The average Bonchev–Trinajstić information content (AvgIpc) is 2.48. The molecule has 2 rings (SSSR count). The van der Waals surface area contributed by atoms with Crippen LogP contribution in [0.2, 0.25) is 0 Å². The molecule has 2 aromatic rings. The second-order valence-corrected chi connectivity index (χ2v) is 4.73. The predicted octanol–water partition coefficient (Wildman–Crippen LogP) is 2.89. The lowest BCUT2D eigenvalue weighted by atomic mass is 10.1. The van der Waals surface area contributed by atoms with Gasteiger partial charge in [-0.2, -0.15) is 0 Å². The molecule has 0 heterocycles. The minimum Gasteiger partial charge on any atom is -0.395 e. The van der Waals surface area contributed by atoms with Crippen LogP contribution < -0.4 is 4.90 Å². The highest BCUT2D eigenvalue weighted by Gasteiger charge is 2.07. The summed E-state index contributed by atoms with van der Waals surface area (Å²) in [6, 6.07) is 17.6. The smallest absolute Gasteiger partial charge is 0.159 e. The van der Waals surface area contributed by atoms with Crippen molar-refractivity contribution < 1.29 is 9.90 Å². The average molecular weight is 269 g/mol. The molecule has 0 aliphatic heterocycles. The molecule has 3 heteroatoms. The summed E-state index contributed by atoms with van der Waals surface area (Å²) in [6.45, 7) is 2.96. The van der Waals surface area contributed by atoms with E-state index < -0.39 is 0 Å². The normalized spacial score (nSPS) is 10.3. The first-order chi connectivity index (χ1) is 9.70. The maximum absolute atomic E-state index is 11.3. The molecule has 0 amide bonds. The number of benzene rings is 2. The van der Waals surface area contributed by atoms with E-state index in [1.54, 1.807) is 6.92 Å². The van der Waals surface area contributed by atoms with E-state index in [1.807, 2.05) is 42.5 Å². The first-order valence-electron chi connectivity index (χ1n) is 6.71. The first kappa shape index (κ1) is 14.3. The molecule has 0 aliphatic carbocycles. The van der Waals surface area contributed by atoms with Gasteiger partial charge in [0.25, 0.3) is 0 Å². The van der Waals surface area contributed by atoms with E-state index >= 15 is 0 Å². The van der Waals surface area contributed by atoms with Crippen molar-refractivity contribution in [3.05, 3.63) is 65.7 Å². The Morgan fingerprint density at radius 1 is 1.05 bits per heavy atom. The number of anilines is 1. The van der Waals surface area contributed by atoms with Gasteiger partial charge in [-0.15, -0.1) is 0 Å². The molecule has 20 heavy (non-hydrogen) atoms. The Balaban J connectivity index is 2.17. The summed E-state index contributed by atoms with van der Waals surface area (Å²) in [5, 5.41) is 9.22. The zero-order valence-electron chi connectivity index (χ0n) is 11.6. The second-order valence-electron chi connectivity index (χ2n) is 4.73. The summed E-state index contributed by atoms with van der Waals surface area (Å²) in [7, 11) is 0. The Hall–Kier alpha value is -2.13. The van der Waals surface area contributed by atoms with Gasteiger partial charge in [-0.05, 0) is 36.8 Å². The van der Waals surface area contributed by atoms with Crippen LogP contribution in [0, 0.1) is 0 Å². The van der Waals surface area contributed by atoms with Crippen molar-refractivity contribution in [3.8, 4) is 0 Å². The molecule has 0 aliphatic rings. The Labute approximate surface area is 119 Å². The Morgan fingerprint density at radius 3 is 2.25 bits per heavy atom. The molecule has 0 saturated carbocycles. The summed E-state index contributed by atoms with van der Waals surface area (Å²) >= 11 is 0. The summed E-state index contributed by atoms with van der Waals surface area (Å²) in [5.41, 5.74) is 2.90. The highest BCUT2D eigenvalue weighted by molar-refractivity contribution is 5.94. The lowest BCUT2D eigenvalue weighted by Crippen LogP contribution is -2.26. The topological polar surface area (TPSA) is 40.5 Å². The summed E-state index contributed by atoms with van der Waals surface area (Å²) in [5.74, 6) is 0.0633. The molecule has 1 N–H and O–H groups in total. The van der Waals surface area contributed by atoms with Gasteiger partial charge >= 0.3 is 0 Å². The molecule has 0 saturated heterocycles. The van der Waals surface area contributed by atoms with Crippen molar-refractivity contribution in [2.24, 2.45) is 0 Å². The number of hydrogen-bond donors (Lipinski definition) is 1. The van der Waals surface area contributed by atoms with Crippen molar-refractivity contribution in [3.63, 3.8) is 0 Å². The molecule has 0 unspecified atom stereocenters. The van der Waals surface area contributed by atoms with E-state index in [-0.39, 0.29) is 12.4 Å². The third-order valence-corrected chi connectivity index (χ3v) is 3.23. The maximum Gasteiger partial charge on any atom is 0.159 e. The van der Waals surface area contributed by atoms with Crippen LogP contribution in [0.1, 0.15) is 22.8 Å². The van der Waals surface area contributed by atoms with Gasteiger partial charge in [-0.1, -0.05) is 30.3 Å². The second kappa shape index (κ2) is 6.87. The molecule has 0 radical (unpaired) electrons. The van der Waals surface area contributed by atoms with E-state index in [1.165, 1.54) is 5.56 Å². The van der Waals surface area contributed by atoms with E-state index in [4.69, 9.17) is 0 Å². The fourth-order valence-corrected chi connectivity index (χ4v) is 2.13. The molecular weight excluding hydrogens is 250 g/mol. The van der Waals surface area contributed by atoms with Crippen LogP contribution in [0.3, 0.4) is 0 Å². The minimum absolute atomic E-state index is 0.0633. The van der Waals surface area contributed by atoms with Crippen LogP contribution in [-0.2, 0) is 6.54 Å². The van der Waals surface area contributed by atoms with E-state index in [2.05, 4.69) is 17.0 Å². The molecule has 0 atom stereocenters.